The first kappa shape index (κ1) is 13.5. The molecule has 0 heterocycles. The average Bonchev–Trinajstić information content (AvgIpc) is 2.66. The first-order valence-corrected chi connectivity index (χ1v) is 6.72. The summed E-state index contributed by atoms with van der Waals surface area (Å²) in [7, 11) is 1.75. The standard InChI is InChI=1S/C15H24N2O/c1-10(2)14(9-18-3)17-13-8-11-6-4-5-7-12(11)15(13)16/h4-7,10,13-15,17H,8-9,16H2,1-3H3/t13-,14?,15-/m1/s1. The molecule has 1 aromatic carbocycles. The molecule has 3 heteroatoms. The van der Waals surface area contributed by atoms with Crippen LogP contribution in [0.4, 0.5) is 0 Å². The molecule has 0 fully saturated rings. The molecule has 100 valence electrons. The molecule has 0 saturated carbocycles. The molecule has 18 heavy (non-hydrogen) atoms. The van der Waals surface area contributed by atoms with Crippen molar-refractivity contribution in [3.63, 3.8) is 0 Å². The minimum atomic E-state index is 0.0966. The Balaban J connectivity index is 2.04. The van der Waals surface area contributed by atoms with Crippen molar-refractivity contribution >= 4 is 0 Å². The Kier molecular flexibility index (Phi) is 4.38. The predicted molar refractivity (Wildman–Crippen MR) is 74.5 cm³/mol. The second kappa shape index (κ2) is 5.83. The van der Waals surface area contributed by atoms with Crippen molar-refractivity contribution in [3.05, 3.63) is 35.4 Å². The van der Waals surface area contributed by atoms with Crippen molar-refractivity contribution in [1.82, 2.24) is 5.32 Å². The van der Waals surface area contributed by atoms with E-state index < -0.39 is 0 Å². The number of hydrogen-bond acceptors (Lipinski definition) is 3. The molecule has 2 rings (SSSR count). The van der Waals surface area contributed by atoms with Crippen LogP contribution in [0.2, 0.25) is 0 Å². The van der Waals surface area contributed by atoms with E-state index in [1.54, 1.807) is 7.11 Å². The van der Waals surface area contributed by atoms with Crippen molar-refractivity contribution < 1.29 is 4.74 Å². The lowest BCUT2D eigenvalue weighted by Crippen LogP contribution is -2.47. The molecule has 0 radical (unpaired) electrons. The molecule has 0 bridgehead atoms. The summed E-state index contributed by atoms with van der Waals surface area (Å²) < 4.78 is 5.28. The van der Waals surface area contributed by atoms with E-state index in [0.29, 0.717) is 18.0 Å². The number of fused-ring (bicyclic) bond motifs is 1. The Bertz CT molecular complexity index is 392. The van der Waals surface area contributed by atoms with E-state index in [2.05, 4.69) is 43.4 Å². The van der Waals surface area contributed by atoms with Crippen LogP contribution in [0.1, 0.15) is 31.0 Å². The lowest BCUT2D eigenvalue weighted by molar-refractivity contribution is 0.138. The fourth-order valence-electron chi connectivity index (χ4n) is 2.68. The van der Waals surface area contributed by atoms with Crippen molar-refractivity contribution in [2.75, 3.05) is 13.7 Å². The van der Waals surface area contributed by atoms with E-state index in [-0.39, 0.29) is 6.04 Å². The second-order valence-electron chi connectivity index (χ2n) is 5.51. The predicted octanol–water partition coefficient (Wildman–Crippen LogP) is 1.87. The maximum Gasteiger partial charge on any atom is 0.0618 e. The van der Waals surface area contributed by atoms with Gasteiger partial charge in [-0.3, -0.25) is 0 Å². The Morgan fingerprint density at radius 2 is 2.11 bits per heavy atom. The first-order chi connectivity index (χ1) is 8.63. The fraction of sp³-hybridized carbons (Fsp3) is 0.600. The summed E-state index contributed by atoms with van der Waals surface area (Å²) in [5, 5.41) is 3.66. The first-order valence-electron chi connectivity index (χ1n) is 6.72. The Morgan fingerprint density at radius 3 is 2.72 bits per heavy atom. The SMILES string of the molecule is COCC(N[C@@H]1Cc2ccccc2[C@H]1N)C(C)C. The monoisotopic (exact) mass is 248 g/mol. The van der Waals surface area contributed by atoms with E-state index in [0.717, 1.165) is 13.0 Å². The number of benzene rings is 1. The molecule has 0 aliphatic heterocycles. The molecule has 3 nitrogen and oxygen atoms in total. The van der Waals surface area contributed by atoms with Crippen molar-refractivity contribution in [2.45, 2.75) is 38.4 Å². The van der Waals surface area contributed by atoms with E-state index in [1.807, 2.05) is 0 Å². The van der Waals surface area contributed by atoms with Crippen LogP contribution < -0.4 is 11.1 Å². The van der Waals surface area contributed by atoms with Gasteiger partial charge in [-0.05, 0) is 23.5 Å². The summed E-state index contributed by atoms with van der Waals surface area (Å²) in [6, 6.07) is 9.25. The Hall–Kier alpha value is -0.900. The van der Waals surface area contributed by atoms with Crippen LogP contribution in [-0.4, -0.2) is 25.8 Å². The summed E-state index contributed by atoms with van der Waals surface area (Å²) in [6.45, 7) is 5.16. The van der Waals surface area contributed by atoms with Crippen molar-refractivity contribution in [1.29, 1.82) is 0 Å². The maximum absolute atomic E-state index is 6.33. The van der Waals surface area contributed by atoms with Crippen molar-refractivity contribution in [2.24, 2.45) is 11.7 Å². The fourth-order valence-corrected chi connectivity index (χ4v) is 2.68. The van der Waals surface area contributed by atoms with E-state index in [9.17, 15) is 0 Å². The molecular formula is C15H24N2O. The van der Waals surface area contributed by atoms with Crippen LogP contribution in [0.5, 0.6) is 0 Å². The third-order valence-electron chi connectivity index (χ3n) is 3.87. The van der Waals surface area contributed by atoms with Gasteiger partial charge in [0.2, 0.25) is 0 Å². The number of nitrogens with one attached hydrogen (secondary N) is 1. The molecule has 0 amide bonds. The lowest BCUT2D eigenvalue weighted by Gasteiger charge is -2.28. The molecule has 3 atom stereocenters. The molecule has 0 aromatic heterocycles. The summed E-state index contributed by atoms with van der Waals surface area (Å²) in [5.41, 5.74) is 9.00. The van der Waals surface area contributed by atoms with Crippen LogP contribution >= 0.6 is 0 Å². The molecule has 1 aliphatic rings. The number of ether oxygens (including phenoxy) is 1. The van der Waals surface area contributed by atoms with Gasteiger partial charge in [0, 0.05) is 25.2 Å². The van der Waals surface area contributed by atoms with Crippen LogP contribution in [0.3, 0.4) is 0 Å². The van der Waals surface area contributed by atoms with Gasteiger partial charge in [0.1, 0.15) is 0 Å². The number of methoxy groups -OCH3 is 1. The van der Waals surface area contributed by atoms with Gasteiger partial charge < -0.3 is 15.8 Å². The summed E-state index contributed by atoms with van der Waals surface area (Å²) >= 11 is 0. The highest BCUT2D eigenvalue weighted by Crippen LogP contribution is 2.29. The minimum absolute atomic E-state index is 0.0966. The van der Waals surface area contributed by atoms with Gasteiger partial charge in [-0.25, -0.2) is 0 Å². The molecule has 3 N–H and O–H groups in total. The zero-order valence-corrected chi connectivity index (χ0v) is 11.5. The summed E-state index contributed by atoms with van der Waals surface area (Å²) in [6.07, 6.45) is 1.02. The van der Waals surface area contributed by atoms with Gasteiger partial charge in [-0.1, -0.05) is 38.1 Å². The van der Waals surface area contributed by atoms with Gasteiger partial charge in [-0.2, -0.15) is 0 Å². The normalized spacial score (nSPS) is 24.3. The summed E-state index contributed by atoms with van der Waals surface area (Å²) in [5.74, 6) is 0.542. The van der Waals surface area contributed by atoms with E-state index in [1.165, 1.54) is 11.1 Å². The lowest BCUT2D eigenvalue weighted by atomic mass is 10.0. The smallest absolute Gasteiger partial charge is 0.0618 e. The quantitative estimate of drug-likeness (QED) is 0.836. The largest absolute Gasteiger partial charge is 0.383 e. The topological polar surface area (TPSA) is 47.3 Å². The van der Waals surface area contributed by atoms with Gasteiger partial charge in [0.15, 0.2) is 0 Å². The Morgan fingerprint density at radius 1 is 1.39 bits per heavy atom. The zero-order valence-electron chi connectivity index (χ0n) is 11.5. The number of hydrogen-bond donors (Lipinski definition) is 2. The highest BCUT2D eigenvalue weighted by Gasteiger charge is 2.31. The van der Waals surface area contributed by atoms with Gasteiger partial charge >= 0.3 is 0 Å². The second-order valence-corrected chi connectivity index (χ2v) is 5.51. The zero-order chi connectivity index (χ0) is 13.1. The van der Waals surface area contributed by atoms with Gasteiger partial charge in [-0.15, -0.1) is 0 Å². The summed E-state index contributed by atoms with van der Waals surface area (Å²) in [4.78, 5) is 0. The van der Waals surface area contributed by atoms with Crippen LogP contribution in [0.15, 0.2) is 24.3 Å². The van der Waals surface area contributed by atoms with Gasteiger partial charge in [0.05, 0.1) is 6.61 Å². The van der Waals surface area contributed by atoms with Crippen LogP contribution in [0.25, 0.3) is 0 Å². The van der Waals surface area contributed by atoms with Gasteiger partial charge in [0.25, 0.3) is 0 Å². The van der Waals surface area contributed by atoms with Crippen molar-refractivity contribution in [3.8, 4) is 0 Å². The average molecular weight is 248 g/mol. The maximum atomic E-state index is 6.33. The number of rotatable bonds is 5. The molecule has 1 unspecified atom stereocenters. The molecule has 1 aromatic rings. The van der Waals surface area contributed by atoms with E-state index >= 15 is 0 Å². The van der Waals surface area contributed by atoms with E-state index in [4.69, 9.17) is 10.5 Å². The number of nitrogens with two attached hydrogens (primary N) is 1. The molecule has 1 aliphatic carbocycles. The molecule has 0 saturated heterocycles. The Labute approximate surface area is 110 Å². The van der Waals surface area contributed by atoms with Crippen LogP contribution in [0, 0.1) is 5.92 Å². The highest BCUT2D eigenvalue weighted by molar-refractivity contribution is 5.36. The third kappa shape index (κ3) is 2.74. The highest BCUT2D eigenvalue weighted by atomic mass is 16.5. The minimum Gasteiger partial charge on any atom is -0.383 e. The molecule has 0 spiro atoms. The van der Waals surface area contributed by atoms with Crippen LogP contribution in [-0.2, 0) is 11.2 Å². The molecular weight excluding hydrogens is 224 g/mol. The third-order valence-corrected chi connectivity index (χ3v) is 3.87.